The molecule has 7 nitrogen and oxygen atoms in total. The molecule has 8 heteroatoms. The van der Waals surface area contributed by atoms with Gasteiger partial charge in [0, 0.05) is 25.7 Å². The molecule has 32 heavy (non-hydrogen) atoms. The molecule has 0 aliphatic carbocycles. The average Bonchev–Trinajstić information content (AvgIpc) is 2.80. The maximum absolute atomic E-state index is 11.8. The fourth-order valence-electron chi connectivity index (χ4n) is 3.11. The van der Waals surface area contributed by atoms with E-state index >= 15 is 0 Å². The number of carbonyl (C=O) groups excluding carboxylic acids is 1. The molecule has 1 amide bonds. The summed E-state index contributed by atoms with van der Waals surface area (Å²) in [4.78, 5) is 16.4. The maximum Gasteiger partial charge on any atom is 0.251 e. The Morgan fingerprint density at radius 2 is 1.84 bits per heavy atom. The number of aliphatic imine (C=N–C) groups is 1. The van der Waals surface area contributed by atoms with Gasteiger partial charge in [0.2, 0.25) is 0 Å². The van der Waals surface area contributed by atoms with Crippen LogP contribution in [0.15, 0.2) is 47.5 Å². The Labute approximate surface area is 208 Å². The van der Waals surface area contributed by atoms with Crippen LogP contribution >= 0.6 is 24.0 Å². The lowest BCUT2D eigenvalue weighted by atomic mass is 10.1. The van der Waals surface area contributed by atoms with Crippen LogP contribution in [0.3, 0.4) is 0 Å². The van der Waals surface area contributed by atoms with E-state index in [1.807, 2.05) is 44.2 Å². The summed E-state index contributed by atoms with van der Waals surface area (Å²) >= 11 is 0. The number of benzene rings is 2. The molecular weight excluding hydrogens is 519 g/mol. The SMILES string of the molecule is CCNC(=NCc1cccc(C(=O)NC)c1)NCCCc1ccc(OC)c(OCC)c1.I. The number of guanidine groups is 1. The van der Waals surface area contributed by atoms with E-state index in [1.165, 1.54) is 5.56 Å². The number of ether oxygens (including phenoxy) is 2. The van der Waals surface area contributed by atoms with E-state index in [2.05, 4.69) is 27.0 Å². The number of halogens is 1. The van der Waals surface area contributed by atoms with Crippen molar-refractivity contribution in [3.05, 3.63) is 59.2 Å². The van der Waals surface area contributed by atoms with Gasteiger partial charge in [0.1, 0.15) is 0 Å². The molecule has 0 aromatic heterocycles. The lowest BCUT2D eigenvalue weighted by molar-refractivity contribution is 0.0963. The molecule has 0 atom stereocenters. The summed E-state index contributed by atoms with van der Waals surface area (Å²) in [7, 11) is 3.28. The molecule has 0 bridgehead atoms. The lowest BCUT2D eigenvalue weighted by Crippen LogP contribution is -2.37. The van der Waals surface area contributed by atoms with Crippen molar-refractivity contribution >= 4 is 35.8 Å². The van der Waals surface area contributed by atoms with Crippen molar-refractivity contribution in [2.24, 2.45) is 4.99 Å². The van der Waals surface area contributed by atoms with Crippen LogP contribution in [0.25, 0.3) is 0 Å². The molecule has 0 heterocycles. The molecule has 2 rings (SSSR count). The Balaban J connectivity index is 0.00000512. The number of aryl methyl sites for hydroxylation is 1. The Hall–Kier alpha value is -2.49. The Kier molecular flexibility index (Phi) is 13.2. The van der Waals surface area contributed by atoms with Gasteiger partial charge in [-0.3, -0.25) is 4.79 Å². The summed E-state index contributed by atoms with van der Waals surface area (Å²) < 4.78 is 11.0. The third-order valence-corrected chi connectivity index (χ3v) is 4.64. The monoisotopic (exact) mass is 554 g/mol. The summed E-state index contributed by atoms with van der Waals surface area (Å²) in [6.07, 6.45) is 1.87. The summed E-state index contributed by atoms with van der Waals surface area (Å²) in [5, 5.41) is 9.28. The van der Waals surface area contributed by atoms with Gasteiger partial charge in [-0.05, 0) is 62.1 Å². The van der Waals surface area contributed by atoms with Crippen LogP contribution in [0, 0.1) is 0 Å². The smallest absolute Gasteiger partial charge is 0.251 e. The van der Waals surface area contributed by atoms with Gasteiger partial charge in [0.05, 0.1) is 20.3 Å². The van der Waals surface area contributed by atoms with Crippen LogP contribution in [0.2, 0.25) is 0 Å². The Morgan fingerprint density at radius 1 is 1.03 bits per heavy atom. The van der Waals surface area contributed by atoms with E-state index < -0.39 is 0 Å². The minimum absolute atomic E-state index is 0. The number of methoxy groups -OCH3 is 1. The first-order chi connectivity index (χ1) is 15.1. The predicted octanol–water partition coefficient (Wildman–Crippen LogP) is 3.76. The molecule has 0 saturated heterocycles. The fourth-order valence-corrected chi connectivity index (χ4v) is 3.11. The third kappa shape index (κ3) is 8.94. The van der Waals surface area contributed by atoms with Crippen LogP contribution < -0.4 is 25.4 Å². The van der Waals surface area contributed by atoms with E-state index in [0.29, 0.717) is 18.7 Å². The van der Waals surface area contributed by atoms with Gasteiger partial charge in [-0.25, -0.2) is 4.99 Å². The van der Waals surface area contributed by atoms with Crippen molar-refractivity contribution in [3.8, 4) is 11.5 Å². The van der Waals surface area contributed by atoms with Crippen molar-refractivity contribution < 1.29 is 14.3 Å². The van der Waals surface area contributed by atoms with Crippen LogP contribution in [-0.2, 0) is 13.0 Å². The van der Waals surface area contributed by atoms with Crippen LogP contribution in [0.4, 0.5) is 0 Å². The van der Waals surface area contributed by atoms with Gasteiger partial charge in [0.25, 0.3) is 5.91 Å². The molecule has 0 spiro atoms. The highest BCUT2D eigenvalue weighted by Gasteiger charge is 2.06. The second-order valence-corrected chi connectivity index (χ2v) is 6.92. The number of carbonyl (C=O) groups is 1. The number of rotatable bonds is 11. The first-order valence-corrected chi connectivity index (χ1v) is 10.7. The zero-order valence-corrected chi connectivity index (χ0v) is 21.7. The highest BCUT2D eigenvalue weighted by atomic mass is 127. The van der Waals surface area contributed by atoms with Crippen LogP contribution in [-0.4, -0.2) is 45.7 Å². The molecule has 2 aromatic rings. The lowest BCUT2D eigenvalue weighted by Gasteiger charge is -2.13. The van der Waals surface area contributed by atoms with Crippen molar-refractivity contribution in [2.45, 2.75) is 33.2 Å². The molecule has 0 fully saturated rings. The van der Waals surface area contributed by atoms with Gasteiger partial charge in [-0.2, -0.15) is 0 Å². The topological polar surface area (TPSA) is 84.0 Å². The normalized spacial score (nSPS) is 10.7. The second-order valence-electron chi connectivity index (χ2n) is 6.92. The predicted molar refractivity (Wildman–Crippen MR) is 141 cm³/mol. The van der Waals surface area contributed by atoms with Crippen molar-refractivity contribution in [1.29, 1.82) is 0 Å². The van der Waals surface area contributed by atoms with Crippen LogP contribution in [0.5, 0.6) is 11.5 Å². The highest BCUT2D eigenvalue weighted by molar-refractivity contribution is 14.0. The van der Waals surface area contributed by atoms with Gasteiger partial charge in [0.15, 0.2) is 17.5 Å². The molecule has 0 saturated carbocycles. The largest absolute Gasteiger partial charge is 0.493 e. The number of hydrogen-bond donors (Lipinski definition) is 3. The number of amides is 1. The van der Waals surface area contributed by atoms with E-state index in [1.54, 1.807) is 20.2 Å². The van der Waals surface area contributed by atoms with Gasteiger partial charge in [-0.15, -0.1) is 24.0 Å². The van der Waals surface area contributed by atoms with Crippen LogP contribution in [0.1, 0.15) is 41.8 Å². The van der Waals surface area contributed by atoms with E-state index in [4.69, 9.17) is 9.47 Å². The quantitative estimate of drug-likeness (QED) is 0.171. The molecule has 2 aromatic carbocycles. The Morgan fingerprint density at radius 3 is 2.53 bits per heavy atom. The summed E-state index contributed by atoms with van der Waals surface area (Å²) in [6.45, 7) is 6.68. The molecule has 0 aliphatic rings. The second kappa shape index (κ2) is 15.3. The molecule has 0 radical (unpaired) electrons. The summed E-state index contributed by atoms with van der Waals surface area (Å²) in [5.41, 5.74) is 2.83. The summed E-state index contributed by atoms with van der Waals surface area (Å²) in [6, 6.07) is 13.6. The van der Waals surface area contributed by atoms with Crippen molar-refractivity contribution in [2.75, 3.05) is 33.9 Å². The van der Waals surface area contributed by atoms with Crippen molar-refractivity contribution in [1.82, 2.24) is 16.0 Å². The van der Waals surface area contributed by atoms with E-state index in [0.717, 1.165) is 49.0 Å². The zero-order valence-electron chi connectivity index (χ0n) is 19.4. The third-order valence-electron chi connectivity index (χ3n) is 4.64. The molecule has 3 N–H and O–H groups in total. The van der Waals surface area contributed by atoms with E-state index in [-0.39, 0.29) is 29.9 Å². The first-order valence-electron chi connectivity index (χ1n) is 10.7. The zero-order chi connectivity index (χ0) is 22.5. The first kappa shape index (κ1) is 27.5. The molecule has 176 valence electrons. The van der Waals surface area contributed by atoms with Gasteiger partial charge < -0.3 is 25.4 Å². The van der Waals surface area contributed by atoms with Crippen molar-refractivity contribution in [3.63, 3.8) is 0 Å². The van der Waals surface area contributed by atoms with E-state index in [9.17, 15) is 4.79 Å². The number of nitrogens with zero attached hydrogens (tertiary/aromatic N) is 1. The fraction of sp³-hybridized carbons (Fsp3) is 0.417. The van der Waals surface area contributed by atoms with Gasteiger partial charge >= 0.3 is 0 Å². The highest BCUT2D eigenvalue weighted by Crippen LogP contribution is 2.28. The molecule has 0 unspecified atom stereocenters. The Bertz CT molecular complexity index is 874. The number of nitrogens with one attached hydrogen (secondary N) is 3. The number of hydrogen-bond acceptors (Lipinski definition) is 4. The summed E-state index contributed by atoms with van der Waals surface area (Å²) in [5.74, 6) is 2.20. The van der Waals surface area contributed by atoms with Gasteiger partial charge in [-0.1, -0.05) is 18.2 Å². The maximum atomic E-state index is 11.8. The minimum atomic E-state index is -0.0955. The average molecular weight is 554 g/mol. The molecular formula is C24H35IN4O3. The minimum Gasteiger partial charge on any atom is -0.493 e. The standard InChI is InChI=1S/C24H34N4O3.HI/c1-5-26-24(28-17-19-9-7-11-20(15-19)23(29)25-3)27-14-8-10-18-12-13-21(30-4)22(16-18)31-6-2;/h7,9,11-13,15-16H,5-6,8,10,14,17H2,1-4H3,(H,25,29)(H2,26,27,28);1H. The molecule has 0 aliphatic heterocycles.